The van der Waals surface area contributed by atoms with Crippen LogP contribution >= 0.6 is 0 Å². The van der Waals surface area contributed by atoms with Gasteiger partial charge in [-0.15, -0.1) is 0 Å². The summed E-state index contributed by atoms with van der Waals surface area (Å²) in [6.45, 7) is 1.86. The van der Waals surface area contributed by atoms with E-state index in [0.29, 0.717) is 32.2 Å². The van der Waals surface area contributed by atoms with Gasteiger partial charge in [0.25, 0.3) is 0 Å². The number of alkyl halides is 3. The SMILES string of the molecule is CN1CCN(C(=O)CNS(=O)(=O)c2cccc(C(F)(F)F)c2)CC1. The normalized spacial score (nSPS) is 17.1. The smallest absolute Gasteiger partial charge is 0.339 e. The molecule has 0 spiro atoms. The second kappa shape index (κ2) is 7.08. The lowest BCUT2D eigenvalue weighted by Gasteiger charge is -2.32. The number of nitrogens with one attached hydrogen (secondary N) is 1. The van der Waals surface area contributed by atoms with Crippen LogP contribution in [0.2, 0.25) is 0 Å². The van der Waals surface area contributed by atoms with Gasteiger partial charge in [0.2, 0.25) is 15.9 Å². The Hall–Kier alpha value is -1.65. The molecule has 0 radical (unpaired) electrons. The third-order valence-corrected chi connectivity index (χ3v) is 5.14. The molecule has 0 bridgehead atoms. The Morgan fingerprint density at radius 3 is 2.42 bits per heavy atom. The van der Waals surface area contributed by atoms with E-state index in [1.807, 2.05) is 11.9 Å². The van der Waals surface area contributed by atoms with Gasteiger partial charge in [-0.05, 0) is 25.2 Å². The van der Waals surface area contributed by atoms with E-state index >= 15 is 0 Å². The number of carbonyl (C=O) groups excluding carboxylic acids is 1. The minimum absolute atomic E-state index is 0.404. The lowest BCUT2D eigenvalue weighted by atomic mass is 10.2. The van der Waals surface area contributed by atoms with Gasteiger partial charge in [0.1, 0.15) is 0 Å². The first-order valence-electron chi connectivity index (χ1n) is 7.23. The number of amides is 1. The van der Waals surface area contributed by atoms with Crippen LogP contribution < -0.4 is 4.72 Å². The van der Waals surface area contributed by atoms with Crippen molar-refractivity contribution in [3.05, 3.63) is 29.8 Å². The summed E-state index contributed by atoms with van der Waals surface area (Å²) >= 11 is 0. The van der Waals surface area contributed by atoms with E-state index in [9.17, 15) is 26.4 Å². The number of carbonyl (C=O) groups is 1. The molecule has 1 amide bonds. The van der Waals surface area contributed by atoms with Crippen LogP contribution in [0.3, 0.4) is 0 Å². The first-order chi connectivity index (χ1) is 11.1. The molecule has 1 aliphatic rings. The molecule has 1 aliphatic heterocycles. The topological polar surface area (TPSA) is 69.7 Å². The third kappa shape index (κ3) is 4.68. The van der Waals surface area contributed by atoms with Crippen molar-refractivity contribution in [2.75, 3.05) is 39.8 Å². The lowest BCUT2D eigenvalue weighted by molar-refractivity contribution is -0.137. The fraction of sp³-hybridized carbons (Fsp3) is 0.500. The molecule has 1 saturated heterocycles. The molecule has 10 heteroatoms. The van der Waals surface area contributed by atoms with Crippen LogP contribution in [-0.4, -0.2) is 63.9 Å². The molecule has 1 aromatic rings. The molecular weight excluding hydrogens is 347 g/mol. The second-order valence-electron chi connectivity index (χ2n) is 5.53. The summed E-state index contributed by atoms with van der Waals surface area (Å²) in [6.07, 6.45) is -4.64. The standard InChI is InChI=1S/C14H18F3N3O3S/c1-19-5-7-20(8-6-19)13(21)10-18-24(22,23)12-4-2-3-11(9-12)14(15,16)17/h2-4,9,18H,5-8,10H2,1H3. The molecule has 0 saturated carbocycles. The Labute approximate surface area is 138 Å². The summed E-state index contributed by atoms with van der Waals surface area (Å²) in [6, 6.07) is 3.40. The van der Waals surface area contributed by atoms with Crippen molar-refractivity contribution >= 4 is 15.9 Å². The number of halogens is 3. The fourth-order valence-electron chi connectivity index (χ4n) is 2.25. The highest BCUT2D eigenvalue weighted by Crippen LogP contribution is 2.30. The number of hydrogen-bond donors (Lipinski definition) is 1. The first-order valence-corrected chi connectivity index (χ1v) is 8.71. The molecule has 1 N–H and O–H groups in total. The fourth-order valence-corrected chi connectivity index (χ4v) is 3.27. The lowest BCUT2D eigenvalue weighted by Crippen LogP contribution is -2.50. The Balaban J connectivity index is 2.02. The van der Waals surface area contributed by atoms with Crippen LogP contribution in [0, 0.1) is 0 Å². The van der Waals surface area contributed by atoms with Crippen LogP contribution in [0.4, 0.5) is 13.2 Å². The maximum Gasteiger partial charge on any atom is 0.416 e. The van der Waals surface area contributed by atoms with E-state index in [1.165, 1.54) is 4.90 Å². The predicted octanol–water partition coefficient (Wildman–Crippen LogP) is 0.758. The maximum absolute atomic E-state index is 12.7. The number of sulfonamides is 1. The molecule has 6 nitrogen and oxygen atoms in total. The number of hydrogen-bond acceptors (Lipinski definition) is 4. The molecular formula is C14H18F3N3O3S. The van der Waals surface area contributed by atoms with Crippen LogP contribution in [0.1, 0.15) is 5.56 Å². The van der Waals surface area contributed by atoms with Crippen molar-refractivity contribution in [2.24, 2.45) is 0 Å². The number of rotatable bonds is 4. The largest absolute Gasteiger partial charge is 0.416 e. The van der Waals surface area contributed by atoms with Crippen molar-refractivity contribution in [3.63, 3.8) is 0 Å². The molecule has 1 aromatic carbocycles. The van der Waals surface area contributed by atoms with Crippen molar-refractivity contribution in [3.8, 4) is 0 Å². The number of nitrogens with zero attached hydrogens (tertiary/aromatic N) is 2. The van der Waals surface area contributed by atoms with E-state index in [1.54, 1.807) is 0 Å². The number of benzene rings is 1. The van der Waals surface area contributed by atoms with E-state index < -0.39 is 39.1 Å². The summed E-state index contributed by atoms with van der Waals surface area (Å²) in [7, 11) is -2.28. The second-order valence-corrected chi connectivity index (χ2v) is 7.30. The number of likely N-dealkylation sites (N-methyl/N-ethyl adjacent to an activating group) is 1. The highest BCUT2D eigenvalue weighted by Gasteiger charge is 2.31. The molecule has 0 unspecified atom stereocenters. The Kier molecular flexibility index (Phi) is 5.51. The Morgan fingerprint density at radius 1 is 1.21 bits per heavy atom. The molecule has 0 aromatic heterocycles. The van der Waals surface area contributed by atoms with Gasteiger partial charge < -0.3 is 9.80 Å². The van der Waals surface area contributed by atoms with Gasteiger partial charge >= 0.3 is 6.18 Å². The molecule has 2 rings (SSSR count). The Bertz CT molecular complexity index is 699. The van der Waals surface area contributed by atoms with Gasteiger partial charge in [-0.1, -0.05) is 6.07 Å². The van der Waals surface area contributed by atoms with E-state index in [-0.39, 0.29) is 0 Å². The maximum atomic E-state index is 12.7. The molecule has 1 fully saturated rings. The van der Waals surface area contributed by atoms with Crippen molar-refractivity contribution in [1.82, 2.24) is 14.5 Å². The van der Waals surface area contributed by atoms with Crippen LogP contribution in [0.25, 0.3) is 0 Å². The minimum Gasteiger partial charge on any atom is -0.339 e. The predicted molar refractivity (Wildman–Crippen MR) is 80.7 cm³/mol. The molecule has 1 heterocycles. The van der Waals surface area contributed by atoms with Gasteiger partial charge in [0.15, 0.2) is 0 Å². The van der Waals surface area contributed by atoms with E-state index in [4.69, 9.17) is 0 Å². The summed E-state index contributed by atoms with van der Waals surface area (Å²) in [5.41, 5.74) is -1.06. The first kappa shape index (κ1) is 18.7. The summed E-state index contributed by atoms with van der Waals surface area (Å²) < 4.78 is 64.2. The quantitative estimate of drug-likeness (QED) is 0.855. The molecule has 0 aliphatic carbocycles. The van der Waals surface area contributed by atoms with E-state index in [2.05, 4.69) is 4.72 Å². The zero-order chi connectivity index (χ0) is 18.0. The molecule has 0 atom stereocenters. The highest BCUT2D eigenvalue weighted by molar-refractivity contribution is 7.89. The monoisotopic (exact) mass is 365 g/mol. The van der Waals surface area contributed by atoms with Gasteiger partial charge in [0, 0.05) is 26.2 Å². The zero-order valence-corrected chi connectivity index (χ0v) is 13.8. The van der Waals surface area contributed by atoms with Gasteiger partial charge in [-0.2, -0.15) is 13.2 Å². The average molecular weight is 365 g/mol. The third-order valence-electron chi connectivity index (χ3n) is 3.74. The van der Waals surface area contributed by atoms with Gasteiger partial charge in [-0.25, -0.2) is 13.1 Å². The summed E-state index contributed by atoms with van der Waals surface area (Å²) in [4.78, 5) is 15.0. The van der Waals surface area contributed by atoms with Crippen molar-refractivity contribution in [1.29, 1.82) is 0 Å². The van der Waals surface area contributed by atoms with Crippen LogP contribution in [0.5, 0.6) is 0 Å². The summed E-state index contributed by atoms with van der Waals surface area (Å²) in [5, 5.41) is 0. The van der Waals surface area contributed by atoms with Crippen LogP contribution in [0.15, 0.2) is 29.2 Å². The van der Waals surface area contributed by atoms with Gasteiger partial charge in [-0.3, -0.25) is 4.79 Å². The van der Waals surface area contributed by atoms with Crippen molar-refractivity contribution in [2.45, 2.75) is 11.1 Å². The van der Waals surface area contributed by atoms with Gasteiger partial charge in [0.05, 0.1) is 17.0 Å². The summed E-state index contributed by atoms with van der Waals surface area (Å²) in [5.74, 6) is -0.404. The molecule has 134 valence electrons. The molecule has 24 heavy (non-hydrogen) atoms. The minimum atomic E-state index is -4.64. The van der Waals surface area contributed by atoms with Crippen LogP contribution in [-0.2, 0) is 21.0 Å². The average Bonchev–Trinajstić information content (AvgIpc) is 2.53. The number of piperazine rings is 1. The van der Waals surface area contributed by atoms with Crippen molar-refractivity contribution < 1.29 is 26.4 Å². The zero-order valence-electron chi connectivity index (χ0n) is 13.0. The Morgan fingerprint density at radius 2 is 1.83 bits per heavy atom. The highest BCUT2D eigenvalue weighted by atomic mass is 32.2. The van der Waals surface area contributed by atoms with E-state index in [0.717, 1.165) is 18.2 Å².